The van der Waals surface area contributed by atoms with Gasteiger partial charge < -0.3 is 10.4 Å². The Balaban J connectivity index is 1.86. The van der Waals surface area contributed by atoms with Gasteiger partial charge in [-0.1, -0.05) is 47.7 Å². The fourth-order valence-electron chi connectivity index (χ4n) is 3.38. The first kappa shape index (κ1) is 23.6. The number of thiazole rings is 1. The van der Waals surface area contributed by atoms with E-state index in [-0.39, 0.29) is 11.5 Å². The van der Waals surface area contributed by atoms with Crippen molar-refractivity contribution in [3.63, 3.8) is 0 Å². The van der Waals surface area contributed by atoms with Crippen molar-refractivity contribution in [3.8, 4) is 0 Å². The summed E-state index contributed by atoms with van der Waals surface area (Å²) in [5.74, 6) is -1.23. The number of hydrogen-bond donors (Lipinski definition) is 3. The van der Waals surface area contributed by atoms with Crippen LogP contribution < -0.4 is 9.62 Å². The van der Waals surface area contributed by atoms with E-state index in [0.717, 1.165) is 22.5 Å². The summed E-state index contributed by atoms with van der Waals surface area (Å²) in [4.78, 5) is 27.1. The Morgan fingerprint density at radius 3 is 2.38 bits per heavy atom. The van der Waals surface area contributed by atoms with Crippen LogP contribution in [0.25, 0.3) is 0 Å². The van der Waals surface area contributed by atoms with Crippen molar-refractivity contribution >= 4 is 50.3 Å². The predicted octanol–water partition coefficient (Wildman–Crippen LogP) is 4.56. The van der Waals surface area contributed by atoms with E-state index in [1.807, 2.05) is 18.2 Å². The lowest BCUT2D eigenvalue weighted by Gasteiger charge is -2.21. The molecule has 3 aromatic rings. The van der Waals surface area contributed by atoms with Crippen LogP contribution in [-0.2, 0) is 28.9 Å². The minimum absolute atomic E-state index is 0.274. The number of benzene rings is 2. The maximum Gasteiger partial charge on any atom is 0.335 e. The first-order chi connectivity index (χ1) is 15.3. The number of aromatic nitrogens is 1. The summed E-state index contributed by atoms with van der Waals surface area (Å²) >= 11 is -1.25. The second-order valence-electron chi connectivity index (χ2n) is 7.06. The highest BCUT2D eigenvalue weighted by atomic mass is 32.2. The zero-order chi connectivity index (χ0) is 23.3. The molecule has 168 valence electrons. The molecule has 32 heavy (non-hydrogen) atoms. The SMILES string of the molecule is CC(=O)Nc1nc(C)c(N(c2ccccc2CCCc2ccccc2C(=O)O)S(=O)O)s1. The van der Waals surface area contributed by atoms with Gasteiger partial charge in [0.2, 0.25) is 5.91 Å². The molecule has 0 fully saturated rings. The zero-order valence-corrected chi connectivity index (χ0v) is 19.2. The van der Waals surface area contributed by atoms with Crippen molar-refractivity contribution in [2.24, 2.45) is 0 Å². The largest absolute Gasteiger partial charge is 0.478 e. The number of nitrogens with one attached hydrogen (secondary N) is 1. The van der Waals surface area contributed by atoms with Crippen molar-refractivity contribution in [1.29, 1.82) is 0 Å². The Morgan fingerprint density at radius 2 is 1.72 bits per heavy atom. The molecule has 1 aromatic heterocycles. The third-order valence-electron chi connectivity index (χ3n) is 4.75. The number of anilines is 3. The second kappa shape index (κ2) is 10.5. The van der Waals surface area contributed by atoms with E-state index in [4.69, 9.17) is 0 Å². The number of aryl methyl sites for hydroxylation is 3. The Hall–Kier alpha value is -3.08. The van der Waals surface area contributed by atoms with E-state index in [0.29, 0.717) is 40.8 Å². The van der Waals surface area contributed by atoms with Crippen LogP contribution in [0.5, 0.6) is 0 Å². The standard InChI is InChI=1S/C22H23N3O5S2/c1-14-20(31-22(23-14)24-15(2)26)25(32(29)30)19-13-6-4-9-17(19)11-7-10-16-8-3-5-12-18(16)21(27)28/h3-6,8-9,12-13H,7,10-11H2,1-2H3,(H,27,28)(H,29,30)(H,23,24,26). The lowest BCUT2D eigenvalue weighted by molar-refractivity contribution is -0.114. The van der Waals surface area contributed by atoms with Crippen LogP contribution in [0.15, 0.2) is 48.5 Å². The average Bonchev–Trinajstić information content (AvgIpc) is 3.08. The molecule has 1 heterocycles. The summed E-state index contributed by atoms with van der Waals surface area (Å²) in [6.07, 6.45) is 1.80. The Kier molecular flexibility index (Phi) is 7.73. The summed E-state index contributed by atoms with van der Waals surface area (Å²) in [5.41, 5.74) is 2.95. The highest BCUT2D eigenvalue weighted by molar-refractivity contribution is 7.81. The highest BCUT2D eigenvalue weighted by Gasteiger charge is 2.24. The number of carboxylic acid groups (broad SMARTS) is 1. The third kappa shape index (κ3) is 5.58. The fourth-order valence-corrected chi connectivity index (χ4v) is 5.24. The zero-order valence-electron chi connectivity index (χ0n) is 17.6. The van der Waals surface area contributed by atoms with Crippen molar-refractivity contribution < 1.29 is 23.5 Å². The maximum atomic E-state index is 12.3. The van der Waals surface area contributed by atoms with Crippen molar-refractivity contribution in [1.82, 2.24) is 4.98 Å². The van der Waals surface area contributed by atoms with Gasteiger partial charge in [-0.25, -0.2) is 18.3 Å². The summed E-state index contributed by atoms with van der Waals surface area (Å²) in [7, 11) is 0. The van der Waals surface area contributed by atoms with Gasteiger partial charge in [0.1, 0.15) is 5.00 Å². The van der Waals surface area contributed by atoms with Gasteiger partial charge >= 0.3 is 5.97 Å². The normalized spacial score (nSPS) is 11.7. The van der Waals surface area contributed by atoms with Crippen LogP contribution >= 0.6 is 11.3 Å². The monoisotopic (exact) mass is 473 g/mol. The van der Waals surface area contributed by atoms with Crippen LogP contribution in [-0.4, -0.2) is 30.7 Å². The highest BCUT2D eigenvalue weighted by Crippen LogP contribution is 2.38. The van der Waals surface area contributed by atoms with Crippen LogP contribution in [0.3, 0.4) is 0 Å². The number of carboxylic acids is 1. The van der Waals surface area contributed by atoms with Gasteiger partial charge in [-0.15, -0.1) is 0 Å². The van der Waals surface area contributed by atoms with Crippen LogP contribution in [0.1, 0.15) is 40.5 Å². The second-order valence-corrected chi connectivity index (χ2v) is 8.86. The van der Waals surface area contributed by atoms with E-state index in [1.165, 1.54) is 11.2 Å². The van der Waals surface area contributed by atoms with Crippen LogP contribution in [0.2, 0.25) is 0 Å². The number of rotatable bonds is 9. The fraction of sp³-hybridized carbons (Fsp3) is 0.227. The van der Waals surface area contributed by atoms with Crippen molar-refractivity contribution in [2.45, 2.75) is 33.1 Å². The Labute approximate surface area is 192 Å². The number of hydrogen-bond acceptors (Lipinski definition) is 5. The smallest absolute Gasteiger partial charge is 0.335 e. The molecule has 1 atom stereocenters. The average molecular weight is 474 g/mol. The lowest BCUT2D eigenvalue weighted by Crippen LogP contribution is -2.20. The molecule has 3 N–H and O–H groups in total. The number of carbonyl (C=O) groups excluding carboxylic acids is 1. The number of amides is 1. The molecule has 0 aliphatic carbocycles. The molecular weight excluding hydrogens is 450 g/mol. The minimum Gasteiger partial charge on any atom is -0.478 e. The Morgan fingerprint density at radius 1 is 1.09 bits per heavy atom. The number of para-hydroxylation sites is 1. The predicted molar refractivity (Wildman–Crippen MR) is 126 cm³/mol. The topological polar surface area (TPSA) is 120 Å². The van der Waals surface area contributed by atoms with E-state index >= 15 is 0 Å². The lowest BCUT2D eigenvalue weighted by atomic mass is 9.99. The van der Waals surface area contributed by atoms with E-state index in [2.05, 4.69) is 10.3 Å². The molecule has 1 unspecified atom stereocenters. The molecule has 0 aliphatic rings. The Bertz CT molecular complexity index is 1160. The van der Waals surface area contributed by atoms with Gasteiger partial charge in [0.15, 0.2) is 5.13 Å². The molecule has 0 bridgehead atoms. The summed E-state index contributed by atoms with van der Waals surface area (Å²) in [6.45, 7) is 3.08. The van der Waals surface area contributed by atoms with E-state index in [1.54, 1.807) is 37.3 Å². The summed E-state index contributed by atoms with van der Waals surface area (Å²) in [6, 6.07) is 14.2. The summed E-state index contributed by atoms with van der Waals surface area (Å²) < 4.78 is 23.7. The minimum atomic E-state index is -2.36. The van der Waals surface area contributed by atoms with Crippen LogP contribution in [0.4, 0.5) is 15.8 Å². The van der Waals surface area contributed by atoms with Gasteiger partial charge in [0.25, 0.3) is 11.3 Å². The molecule has 0 spiro atoms. The summed E-state index contributed by atoms with van der Waals surface area (Å²) in [5, 5.41) is 12.8. The number of carbonyl (C=O) groups is 2. The van der Waals surface area contributed by atoms with Crippen LogP contribution in [0, 0.1) is 6.92 Å². The molecule has 0 saturated heterocycles. The quantitative estimate of drug-likeness (QED) is 0.392. The molecule has 0 radical (unpaired) electrons. The van der Waals surface area contributed by atoms with E-state index < -0.39 is 17.2 Å². The van der Waals surface area contributed by atoms with Crippen molar-refractivity contribution in [3.05, 3.63) is 70.9 Å². The molecule has 1 amide bonds. The number of nitrogens with zero attached hydrogens (tertiary/aromatic N) is 2. The van der Waals surface area contributed by atoms with Gasteiger partial charge in [-0.3, -0.25) is 9.35 Å². The van der Waals surface area contributed by atoms with Gasteiger partial charge in [-0.2, -0.15) is 0 Å². The third-order valence-corrected chi connectivity index (χ3v) is 6.61. The molecule has 10 heteroatoms. The van der Waals surface area contributed by atoms with Crippen molar-refractivity contribution in [2.75, 3.05) is 9.62 Å². The molecule has 0 saturated carbocycles. The van der Waals surface area contributed by atoms with E-state index in [9.17, 15) is 23.5 Å². The van der Waals surface area contributed by atoms with Gasteiger partial charge in [0, 0.05) is 6.92 Å². The molecule has 2 aromatic carbocycles. The molecule has 0 aliphatic heterocycles. The first-order valence-electron chi connectivity index (χ1n) is 9.83. The van der Waals surface area contributed by atoms with Gasteiger partial charge in [-0.05, 0) is 49.4 Å². The maximum absolute atomic E-state index is 12.3. The molecule has 8 nitrogen and oxygen atoms in total. The number of aromatic carboxylic acids is 1. The first-order valence-corrected chi connectivity index (χ1v) is 11.7. The van der Waals surface area contributed by atoms with Gasteiger partial charge in [0.05, 0.1) is 16.9 Å². The molecule has 3 rings (SSSR count). The molecular formula is C22H23N3O5S2.